The van der Waals surface area contributed by atoms with Gasteiger partial charge in [-0.15, -0.1) is 0 Å². The molecule has 2 fully saturated rings. The van der Waals surface area contributed by atoms with Gasteiger partial charge in [0.2, 0.25) is 5.91 Å². The SMILES string of the molecule is COCC(NC(=O)C1CC(C)CC(C)(C)C1)C1CCOCC1. The summed E-state index contributed by atoms with van der Waals surface area (Å²) < 4.78 is 10.8. The van der Waals surface area contributed by atoms with Gasteiger partial charge in [-0.1, -0.05) is 20.8 Å². The minimum absolute atomic E-state index is 0.127. The van der Waals surface area contributed by atoms with Gasteiger partial charge < -0.3 is 14.8 Å². The highest BCUT2D eigenvalue weighted by Gasteiger charge is 2.36. The average Bonchev–Trinajstić information content (AvgIpc) is 2.45. The number of ether oxygens (including phenoxy) is 2. The molecule has 1 saturated heterocycles. The van der Waals surface area contributed by atoms with E-state index in [4.69, 9.17) is 9.47 Å². The first-order valence-corrected chi connectivity index (χ1v) is 8.78. The fourth-order valence-corrected chi connectivity index (χ4v) is 4.44. The zero-order chi connectivity index (χ0) is 16.2. The first-order chi connectivity index (χ1) is 10.4. The smallest absolute Gasteiger partial charge is 0.223 e. The molecule has 128 valence electrons. The maximum Gasteiger partial charge on any atom is 0.223 e. The number of rotatable bonds is 5. The predicted octanol–water partition coefficient (Wildman–Crippen LogP) is 3.01. The number of amides is 1. The number of nitrogens with one attached hydrogen (secondary N) is 1. The van der Waals surface area contributed by atoms with Gasteiger partial charge in [0.1, 0.15) is 0 Å². The summed E-state index contributed by atoms with van der Waals surface area (Å²) in [6.45, 7) is 9.04. The molecule has 1 heterocycles. The summed E-state index contributed by atoms with van der Waals surface area (Å²) in [6, 6.07) is 0.127. The minimum atomic E-state index is 0.127. The van der Waals surface area contributed by atoms with E-state index in [1.165, 1.54) is 6.42 Å². The topological polar surface area (TPSA) is 47.6 Å². The first kappa shape index (κ1) is 17.7. The Morgan fingerprint density at radius 1 is 1.32 bits per heavy atom. The highest BCUT2D eigenvalue weighted by molar-refractivity contribution is 5.79. The predicted molar refractivity (Wildman–Crippen MR) is 87.6 cm³/mol. The second-order valence-corrected chi connectivity index (χ2v) is 8.13. The summed E-state index contributed by atoms with van der Waals surface area (Å²) in [5.74, 6) is 1.49. The van der Waals surface area contributed by atoms with E-state index < -0.39 is 0 Å². The largest absolute Gasteiger partial charge is 0.383 e. The summed E-state index contributed by atoms with van der Waals surface area (Å²) in [6.07, 6.45) is 5.26. The van der Waals surface area contributed by atoms with Crippen LogP contribution in [0.15, 0.2) is 0 Å². The molecule has 0 aromatic heterocycles. The molecule has 2 aliphatic rings. The van der Waals surface area contributed by atoms with E-state index in [0.29, 0.717) is 18.4 Å². The molecule has 1 N–H and O–H groups in total. The molecule has 3 unspecified atom stereocenters. The Balaban J connectivity index is 1.94. The number of methoxy groups -OCH3 is 1. The van der Waals surface area contributed by atoms with Gasteiger partial charge in [-0.3, -0.25) is 4.79 Å². The zero-order valence-electron chi connectivity index (χ0n) is 14.7. The van der Waals surface area contributed by atoms with E-state index in [2.05, 4.69) is 26.1 Å². The van der Waals surface area contributed by atoms with Crippen LogP contribution in [0.4, 0.5) is 0 Å². The maximum absolute atomic E-state index is 12.8. The van der Waals surface area contributed by atoms with Crippen LogP contribution in [0, 0.1) is 23.2 Å². The highest BCUT2D eigenvalue weighted by Crippen LogP contribution is 2.41. The lowest BCUT2D eigenvalue weighted by Crippen LogP contribution is -2.48. The monoisotopic (exact) mass is 311 g/mol. The molecular formula is C18H33NO3. The quantitative estimate of drug-likeness (QED) is 0.849. The van der Waals surface area contributed by atoms with Crippen molar-refractivity contribution in [1.29, 1.82) is 0 Å². The molecule has 0 radical (unpaired) electrons. The van der Waals surface area contributed by atoms with E-state index in [1.54, 1.807) is 7.11 Å². The van der Waals surface area contributed by atoms with Gasteiger partial charge >= 0.3 is 0 Å². The molecule has 3 atom stereocenters. The van der Waals surface area contributed by atoms with Gasteiger partial charge in [0.05, 0.1) is 12.6 Å². The van der Waals surface area contributed by atoms with Crippen molar-refractivity contribution < 1.29 is 14.3 Å². The third kappa shape index (κ3) is 4.95. The highest BCUT2D eigenvalue weighted by atomic mass is 16.5. The number of hydrogen-bond acceptors (Lipinski definition) is 3. The van der Waals surface area contributed by atoms with Crippen molar-refractivity contribution in [2.24, 2.45) is 23.2 Å². The minimum Gasteiger partial charge on any atom is -0.383 e. The van der Waals surface area contributed by atoms with Crippen molar-refractivity contribution in [1.82, 2.24) is 5.32 Å². The Labute approximate surface area is 135 Å². The standard InChI is InChI=1S/C18H33NO3/c1-13-9-15(11-18(2,3)10-13)17(20)19-16(12-21-4)14-5-7-22-8-6-14/h13-16H,5-12H2,1-4H3,(H,19,20). The molecule has 22 heavy (non-hydrogen) atoms. The molecule has 1 aliphatic heterocycles. The first-order valence-electron chi connectivity index (χ1n) is 8.78. The molecule has 0 spiro atoms. The fraction of sp³-hybridized carbons (Fsp3) is 0.944. The van der Waals surface area contributed by atoms with Gasteiger partial charge in [0.15, 0.2) is 0 Å². The summed E-state index contributed by atoms with van der Waals surface area (Å²) in [5.41, 5.74) is 0.273. The van der Waals surface area contributed by atoms with Crippen molar-refractivity contribution in [3.8, 4) is 0 Å². The van der Waals surface area contributed by atoms with Crippen molar-refractivity contribution in [3.05, 3.63) is 0 Å². The van der Waals surface area contributed by atoms with Gasteiger partial charge in [-0.2, -0.15) is 0 Å². The average molecular weight is 311 g/mol. The maximum atomic E-state index is 12.8. The van der Waals surface area contributed by atoms with Gasteiger partial charge in [-0.25, -0.2) is 0 Å². The lowest BCUT2D eigenvalue weighted by atomic mass is 9.68. The lowest BCUT2D eigenvalue weighted by molar-refractivity contribution is -0.130. The fourth-order valence-electron chi connectivity index (χ4n) is 4.44. The van der Waals surface area contributed by atoms with Crippen LogP contribution in [0.5, 0.6) is 0 Å². The van der Waals surface area contributed by atoms with Crippen LogP contribution in [0.3, 0.4) is 0 Å². The molecule has 1 saturated carbocycles. The third-order valence-corrected chi connectivity index (χ3v) is 5.27. The van der Waals surface area contributed by atoms with Crippen molar-refractivity contribution >= 4 is 5.91 Å². The number of hydrogen-bond donors (Lipinski definition) is 1. The van der Waals surface area contributed by atoms with Gasteiger partial charge in [0.25, 0.3) is 0 Å². The molecule has 4 heteroatoms. The molecule has 1 aliphatic carbocycles. The second kappa shape index (κ2) is 7.78. The molecule has 0 aromatic carbocycles. The van der Waals surface area contributed by atoms with Crippen LogP contribution < -0.4 is 5.32 Å². The number of carbonyl (C=O) groups is 1. The molecule has 1 amide bonds. The molecule has 4 nitrogen and oxygen atoms in total. The Bertz CT molecular complexity index is 363. The van der Waals surface area contributed by atoms with E-state index in [1.807, 2.05) is 0 Å². The van der Waals surface area contributed by atoms with Crippen molar-refractivity contribution in [2.75, 3.05) is 26.9 Å². The van der Waals surface area contributed by atoms with Gasteiger partial charge in [-0.05, 0) is 49.4 Å². The van der Waals surface area contributed by atoms with E-state index >= 15 is 0 Å². The van der Waals surface area contributed by atoms with Crippen LogP contribution in [-0.4, -0.2) is 38.9 Å². The number of carbonyl (C=O) groups excluding carboxylic acids is 1. The Morgan fingerprint density at radius 2 is 2.00 bits per heavy atom. The zero-order valence-corrected chi connectivity index (χ0v) is 14.7. The Morgan fingerprint density at radius 3 is 2.59 bits per heavy atom. The lowest BCUT2D eigenvalue weighted by Gasteiger charge is -2.39. The van der Waals surface area contributed by atoms with E-state index in [9.17, 15) is 4.79 Å². The Kier molecular flexibility index (Phi) is 6.27. The van der Waals surface area contributed by atoms with Crippen LogP contribution in [0.25, 0.3) is 0 Å². The second-order valence-electron chi connectivity index (χ2n) is 8.13. The molecule has 0 bridgehead atoms. The summed E-state index contributed by atoms with van der Waals surface area (Å²) in [5, 5.41) is 3.30. The molecule has 0 aromatic rings. The van der Waals surface area contributed by atoms with E-state index in [0.717, 1.165) is 38.9 Å². The normalized spacial score (nSPS) is 30.7. The summed E-state index contributed by atoms with van der Waals surface area (Å²) in [7, 11) is 1.71. The van der Waals surface area contributed by atoms with Crippen LogP contribution in [0.1, 0.15) is 52.9 Å². The van der Waals surface area contributed by atoms with Crippen LogP contribution in [-0.2, 0) is 14.3 Å². The third-order valence-electron chi connectivity index (χ3n) is 5.27. The summed E-state index contributed by atoms with van der Waals surface area (Å²) >= 11 is 0. The van der Waals surface area contributed by atoms with Crippen LogP contribution in [0.2, 0.25) is 0 Å². The van der Waals surface area contributed by atoms with Crippen molar-refractivity contribution in [2.45, 2.75) is 58.9 Å². The molecule has 2 rings (SSSR count). The van der Waals surface area contributed by atoms with Gasteiger partial charge in [0, 0.05) is 26.2 Å². The van der Waals surface area contributed by atoms with Crippen LogP contribution >= 0.6 is 0 Å². The van der Waals surface area contributed by atoms with Crippen molar-refractivity contribution in [3.63, 3.8) is 0 Å². The van der Waals surface area contributed by atoms with E-state index in [-0.39, 0.29) is 23.3 Å². The Hall–Kier alpha value is -0.610. The molecular weight excluding hydrogens is 278 g/mol. The summed E-state index contributed by atoms with van der Waals surface area (Å²) in [4.78, 5) is 12.8.